The third-order valence-electron chi connectivity index (χ3n) is 8.27. The number of methoxy groups -OCH3 is 2. The highest BCUT2D eigenvalue weighted by atomic mass is 19.2. The lowest BCUT2D eigenvalue weighted by Crippen LogP contribution is -2.47. The lowest BCUT2D eigenvalue weighted by Gasteiger charge is -2.56. The molecule has 0 aliphatic rings. The van der Waals surface area contributed by atoms with Gasteiger partial charge in [0.15, 0.2) is 34.8 Å². The molecule has 2 unspecified atom stereocenters. The maximum Gasteiger partial charge on any atom is 0.200 e. The molecule has 38 heavy (non-hydrogen) atoms. The first-order chi connectivity index (χ1) is 17.1. The highest BCUT2D eigenvalue weighted by Crippen LogP contribution is 2.62. The molecule has 214 valence electrons. The van der Waals surface area contributed by atoms with Gasteiger partial charge in [0.25, 0.3) is 0 Å². The van der Waals surface area contributed by atoms with Crippen molar-refractivity contribution in [3.8, 4) is 11.5 Å². The van der Waals surface area contributed by atoms with Gasteiger partial charge in [-0.15, -0.1) is 0 Å². The molecular formula is C31H43F5O2. The van der Waals surface area contributed by atoms with Crippen LogP contribution >= 0.6 is 0 Å². The monoisotopic (exact) mass is 542 g/mol. The predicted octanol–water partition coefficient (Wildman–Crippen LogP) is 9.80. The molecule has 2 rings (SSSR count). The van der Waals surface area contributed by atoms with Gasteiger partial charge in [0, 0.05) is 5.56 Å². The van der Waals surface area contributed by atoms with Gasteiger partial charge < -0.3 is 9.47 Å². The van der Waals surface area contributed by atoms with Crippen molar-refractivity contribution in [3.63, 3.8) is 0 Å². The first-order valence-corrected chi connectivity index (χ1v) is 12.9. The first-order valence-electron chi connectivity index (χ1n) is 12.9. The summed E-state index contributed by atoms with van der Waals surface area (Å²) in [6.07, 6.45) is 0.199. The molecule has 0 radical (unpaired) electrons. The largest absolute Gasteiger partial charge is 0.493 e. The summed E-state index contributed by atoms with van der Waals surface area (Å²) < 4.78 is 84.6. The van der Waals surface area contributed by atoms with Crippen LogP contribution < -0.4 is 9.47 Å². The van der Waals surface area contributed by atoms with Gasteiger partial charge in [0.05, 0.1) is 14.2 Å². The molecule has 0 aromatic heterocycles. The van der Waals surface area contributed by atoms with E-state index in [-0.39, 0.29) is 17.8 Å². The van der Waals surface area contributed by atoms with Crippen LogP contribution in [0, 0.1) is 50.7 Å². The van der Waals surface area contributed by atoms with E-state index in [0.29, 0.717) is 11.5 Å². The summed E-state index contributed by atoms with van der Waals surface area (Å²) >= 11 is 0. The summed E-state index contributed by atoms with van der Waals surface area (Å²) in [4.78, 5) is 0. The summed E-state index contributed by atoms with van der Waals surface area (Å²) in [5.41, 5.74) is -2.35. The zero-order valence-corrected chi connectivity index (χ0v) is 24.8. The van der Waals surface area contributed by atoms with Crippen LogP contribution in [0.25, 0.3) is 0 Å². The maximum atomic E-state index is 15.3. The van der Waals surface area contributed by atoms with Crippen LogP contribution in [0.2, 0.25) is 0 Å². The van der Waals surface area contributed by atoms with E-state index in [2.05, 4.69) is 20.8 Å². The summed E-state index contributed by atoms with van der Waals surface area (Å²) in [7, 11) is 3.10. The topological polar surface area (TPSA) is 18.5 Å². The van der Waals surface area contributed by atoms with Crippen LogP contribution in [0.4, 0.5) is 22.0 Å². The number of hydrogen-bond donors (Lipinski definition) is 0. The summed E-state index contributed by atoms with van der Waals surface area (Å²) in [6, 6.07) is 5.64. The van der Waals surface area contributed by atoms with E-state index < -0.39 is 56.8 Å². The van der Waals surface area contributed by atoms with Crippen molar-refractivity contribution in [1.29, 1.82) is 0 Å². The van der Waals surface area contributed by atoms with Crippen molar-refractivity contribution < 1.29 is 31.4 Å². The lowest BCUT2D eigenvalue weighted by atomic mass is 9.48. The van der Waals surface area contributed by atoms with Gasteiger partial charge in [-0.05, 0) is 57.6 Å². The molecule has 0 spiro atoms. The van der Waals surface area contributed by atoms with Crippen LogP contribution in [0.1, 0.15) is 98.6 Å². The van der Waals surface area contributed by atoms with Crippen molar-refractivity contribution in [3.05, 3.63) is 58.4 Å². The molecule has 7 heteroatoms. The number of rotatable bonds is 8. The number of halogens is 5. The highest BCUT2D eigenvalue weighted by molar-refractivity contribution is 5.45. The van der Waals surface area contributed by atoms with Crippen molar-refractivity contribution in [2.45, 2.75) is 87.5 Å². The molecule has 2 nitrogen and oxygen atoms in total. The smallest absolute Gasteiger partial charge is 0.200 e. The molecule has 2 atom stereocenters. The fourth-order valence-electron chi connectivity index (χ4n) is 6.11. The zero-order chi connectivity index (χ0) is 29.6. The van der Waals surface area contributed by atoms with Crippen molar-refractivity contribution in [1.82, 2.24) is 0 Å². The summed E-state index contributed by atoms with van der Waals surface area (Å²) in [5, 5.41) is 0. The van der Waals surface area contributed by atoms with Gasteiger partial charge in [-0.2, -0.15) is 0 Å². The van der Waals surface area contributed by atoms with Gasteiger partial charge in [-0.1, -0.05) is 75.3 Å². The van der Waals surface area contributed by atoms with Gasteiger partial charge in [0.2, 0.25) is 5.82 Å². The third kappa shape index (κ3) is 5.81. The van der Waals surface area contributed by atoms with Crippen LogP contribution in [-0.2, 0) is 0 Å². The van der Waals surface area contributed by atoms with Gasteiger partial charge in [-0.25, -0.2) is 22.0 Å². The van der Waals surface area contributed by atoms with E-state index in [1.165, 1.54) is 0 Å². The van der Waals surface area contributed by atoms with Crippen LogP contribution in [-0.4, -0.2) is 14.2 Å². The van der Waals surface area contributed by atoms with Crippen molar-refractivity contribution in [2.24, 2.45) is 21.7 Å². The van der Waals surface area contributed by atoms with Crippen LogP contribution in [0.5, 0.6) is 11.5 Å². The highest BCUT2D eigenvalue weighted by Gasteiger charge is 2.53. The fourth-order valence-corrected chi connectivity index (χ4v) is 6.11. The van der Waals surface area contributed by atoms with Gasteiger partial charge in [-0.3, -0.25) is 0 Å². The minimum absolute atomic E-state index is 0.199. The minimum Gasteiger partial charge on any atom is -0.493 e. The molecular weight excluding hydrogens is 499 g/mol. The lowest BCUT2D eigenvalue weighted by molar-refractivity contribution is -0.00649. The van der Waals surface area contributed by atoms with Gasteiger partial charge in [0.1, 0.15) is 0 Å². The van der Waals surface area contributed by atoms with E-state index in [0.717, 1.165) is 5.56 Å². The Labute approximate surface area is 224 Å². The van der Waals surface area contributed by atoms with Crippen molar-refractivity contribution >= 4 is 0 Å². The second-order valence-corrected chi connectivity index (χ2v) is 13.7. The Balaban J connectivity index is 2.90. The minimum atomic E-state index is -2.15. The molecule has 0 bridgehead atoms. The molecule has 2 aromatic rings. The number of ether oxygens (including phenoxy) is 2. The summed E-state index contributed by atoms with van der Waals surface area (Å²) in [6.45, 7) is 19.6. The second kappa shape index (κ2) is 10.7. The van der Waals surface area contributed by atoms with E-state index in [1.54, 1.807) is 14.2 Å². The molecule has 0 heterocycles. The molecule has 0 amide bonds. The van der Waals surface area contributed by atoms with E-state index in [9.17, 15) is 13.2 Å². The Bertz CT molecular complexity index is 1130. The molecule has 0 saturated carbocycles. The van der Waals surface area contributed by atoms with Crippen LogP contribution in [0.15, 0.2) is 18.2 Å². The second-order valence-electron chi connectivity index (χ2n) is 13.7. The Hall–Kier alpha value is -2.31. The molecule has 0 saturated heterocycles. The Morgan fingerprint density at radius 2 is 1.08 bits per heavy atom. The van der Waals surface area contributed by atoms with E-state index in [4.69, 9.17) is 9.47 Å². The fraction of sp³-hybridized carbons (Fsp3) is 0.613. The van der Waals surface area contributed by atoms with Crippen LogP contribution in [0.3, 0.4) is 0 Å². The van der Waals surface area contributed by atoms with E-state index >= 15 is 8.78 Å². The zero-order valence-electron chi connectivity index (χ0n) is 24.8. The molecule has 0 fully saturated rings. The average Bonchev–Trinajstić information content (AvgIpc) is 2.78. The van der Waals surface area contributed by atoms with E-state index in [1.807, 2.05) is 66.7 Å². The molecule has 0 aliphatic heterocycles. The Morgan fingerprint density at radius 1 is 0.632 bits per heavy atom. The van der Waals surface area contributed by atoms with Gasteiger partial charge >= 0.3 is 0 Å². The standard InChI is InChI=1S/C31H43F5O2/c1-28(2,3)16-18(21-22(32)24(34)26(36)25(35)23(21)33)30(7,8)31(9,10)27(29(4,5)6)17-13-14-19(37-11)20(15-17)38-12/h13-15,18,27H,16H2,1-12H3. The molecule has 0 N–H and O–H groups in total. The third-order valence-corrected chi connectivity index (χ3v) is 8.27. The maximum absolute atomic E-state index is 15.3. The normalized spacial score (nSPS) is 14.9. The first kappa shape index (κ1) is 31.9. The Morgan fingerprint density at radius 3 is 1.47 bits per heavy atom. The SMILES string of the molecule is COc1ccc(C(C(C)(C)C)C(C)(C)C(C)(C)C(CC(C)(C)C)c2c(F)c(F)c(F)c(F)c2F)cc1OC. The van der Waals surface area contributed by atoms with Crippen molar-refractivity contribution in [2.75, 3.05) is 14.2 Å². The number of hydrogen-bond acceptors (Lipinski definition) is 2. The summed E-state index contributed by atoms with van der Waals surface area (Å²) in [5.74, 6) is -9.62. The molecule has 0 aliphatic carbocycles. The quantitative estimate of drug-likeness (QED) is 0.188. The molecule has 2 aromatic carbocycles. The number of benzene rings is 2. The Kier molecular flexibility index (Phi) is 8.98. The predicted molar refractivity (Wildman–Crippen MR) is 142 cm³/mol. The average molecular weight is 543 g/mol.